The molecule has 0 bridgehead atoms. The van der Waals surface area contributed by atoms with Crippen molar-refractivity contribution in [2.24, 2.45) is 0 Å². The zero-order valence-corrected chi connectivity index (χ0v) is 20.2. The van der Waals surface area contributed by atoms with Crippen LogP contribution in [0.25, 0.3) is 11.1 Å². The molecule has 2 N–H and O–H groups in total. The Morgan fingerprint density at radius 1 is 1.08 bits per heavy atom. The first kappa shape index (κ1) is 25.7. The molecule has 2 aliphatic rings. The van der Waals surface area contributed by atoms with Crippen LogP contribution in [0.1, 0.15) is 40.9 Å². The van der Waals surface area contributed by atoms with Gasteiger partial charge in [0, 0.05) is 41.9 Å². The summed E-state index contributed by atoms with van der Waals surface area (Å²) in [7, 11) is 0. The summed E-state index contributed by atoms with van der Waals surface area (Å²) >= 11 is 0. The molecule has 0 saturated carbocycles. The summed E-state index contributed by atoms with van der Waals surface area (Å²) in [4.78, 5) is 28.5. The molecule has 7 nitrogen and oxygen atoms in total. The number of benzene rings is 2. The maximum absolute atomic E-state index is 15.3. The third-order valence-electron chi connectivity index (χ3n) is 6.65. The average Bonchev–Trinajstić information content (AvgIpc) is 2.99. The van der Waals surface area contributed by atoms with E-state index in [0.717, 1.165) is 6.20 Å². The quantitative estimate of drug-likeness (QED) is 0.423. The molecule has 2 amide bonds. The fourth-order valence-corrected chi connectivity index (χ4v) is 4.64. The highest BCUT2D eigenvalue weighted by atomic mass is 19.4. The van der Waals surface area contributed by atoms with E-state index in [2.05, 4.69) is 15.6 Å². The number of aromatic nitrogens is 1. The van der Waals surface area contributed by atoms with Crippen molar-refractivity contribution in [2.75, 3.05) is 23.8 Å². The van der Waals surface area contributed by atoms with Gasteiger partial charge in [-0.05, 0) is 48.4 Å². The van der Waals surface area contributed by atoms with Crippen LogP contribution >= 0.6 is 0 Å². The van der Waals surface area contributed by atoms with E-state index in [1.807, 2.05) is 0 Å². The van der Waals surface area contributed by atoms with E-state index in [4.69, 9.17) is 9.47 Å². The minimum Gasteiger partial charge on any atom is -0.484 e. The van der Waals surface area contributed by atoms with Crippen LogP contribution in [-0.2, 0) is 15.7 Å². The number of nitrogens with zero attached hydrogens (tertiary/aromatic N) is 1. The summed E-state index contributed by atoms with van der Waals surface area (Å²) in [5.74, 6) is -1.35. The number of halogens is 4. The molecule has 38 heavy (non-hydrogen) atoms. The smallest absolute Gasteiger partial charge is 0.433 e. The van der Waals surface area contributed by atoms with Crippen LogP contribution in [0.4, 0.5) is 28.9 Å². The number of nitrogens with one attached hydrogen (secondary N) is 2. The fraction of sp³-hybridized carbons (Fsp3) is 0.296. The Labute approximate surface area is 215 Å². The second-order valence-electron chi connectivity index (χ2n) is 9.36. The molecule has 11 heteroatoms. The van der Waals surface area contributed by atoms with E-state index in [9.17, 15) is 22.8 Å². The molecule has 2 aliphatic heterocycles. The SMILES string of the molecule is Cc1ccc(NC(=O)c2ccnc(C(F)(F)F)c2)cc1-c1cc2c(cc1F)NC(=O)CC1(CCOCC1)O2. The predicted octanol–water partition coefficient (Wildman–Crippen LogP) is 5.74. The minimum atomic E-state index is -4.69. The molecular formula is C27H23F4N3O4. The molecule has 198 valence electrons. The van der Waals surface area contributed by atoms with Crippen LogP contribution in [-0.4, -0.2) is 35.6 Å². The highest BCUT2D eigenvalue weighted by molar-refractivity contribution is 6.04. The van der Waals surface area contributed by atoms with E-state index in [1.165, 1.54) is 24.3 Å². The number of rotatable bonds is 3. The Bertz CT molecular complexity index is 1420. The van der Waals surface area contributed by atoms with Gasteiger partial charge in [0.1, 0.15) is 22.9 Å². The van der Waals surface area contributed by atoms with Crippen molar-refractivity contribution in [2.45, 2.75) is 38.0 Å². The van der Waals surface area contributed by atoms with Gasteiger partial charge in [0.2, 0.25) is 5.91 Å². The third-order valence-corrected chi connectivity index (χ3v) is 6.65. The summed E-state index contributed by atoms with van der Waals surface area (Å²) in [6.45, 7) is 2.64. The van der Waals surface area contributed by atoms with E-state index in [0.29, 0.717) is 49.0 Å². The van der Waals surface area contributed by atoms with Crippen LogP contribution < -0.4 is 15.4 Å². The number of aryl methyl sites for hydroxylation is 1. The summed E-state index contributed by atoms with van der Waals surface area (Å²) in [6, 6.07) is 9.30. The Morgan fingerprint density at radius 3 is 2.58 bits per heavy atom. The number of pyridine rings is 1. The van der Waals surface area contributed by atoms with E-state index in [1.54, 1.807) is 19.1 Å². The Morgan fingerprint density at radius 2 is 1.84 bits per heavy atom. The van der Waals surface area contributed by atoms with Crippen molar-refractivity contribution in [1.82, 2.24) is 4.98 Å². The van der Waals surface area contributed by atoms with Gasteiger partial charge in [-0.1, -0.05) is 6.07 Å². The summed E-state index contributed by atoms with van der Waals surface area (Å²) < 4.78 is 66.0. The highest BCUT2D eigenvalue weighted by Crippen LogP contribution is 2.42. The average molecular weight is 529 g/mol. The lowest BCUT2D eigenvalue weighted by atomic mass is 9.90. The van der Waals surface area contributed by atoms with Gasteiger partial charge < -0.3 is 20.1 Å². The molecule has 0 aliphatic carbocycles. The van der Waals surface area contributed by atoms with Gasteiger partial charge >= 0.3 is 6.18 Å². The molecular weight excluding hydrogens is 506 g/mol. The minimum absolute atomic E-state index is 0.119. The Kier molecular flexibility index (Phi) is 6.56. The second kappa shape index (κ2) is 9.71. The summed E-state index contributed by atoms with van der Waals surface area (Å²) in [5, 5.41) is 5.27. The first-order valence-corrected chi connectivity index (χ1v) is 11.9. The zero-order valence-electron chi connectivity index (χ0n) is 20.2. The van der Waals surface area contributed by atoms with Crippen molar-refractivity contribution >= 4 is 23.2 Å². The van der Waals surface area contributed by atoms with Crippen LogP contribution in [0.5, 0.6) is 5.75 Å². The van der Waals surface area contributed by atoms with Gasteiger partial charge in [-0.3, -0.25) is 14.6 Å². The molecule has 1 fully saturated rings. The summed E-state index contributed by atoms with van der Waals surface area (Å²) in [6.07, 6.45) is -2.64. The van der Waals surface area contributed by atoms with E-state index >= 15 is 4.39 Å². The van der Waals surface area contributed by atoms with Crippen LogP contribution in [0.15, 0.2) is 48.7 Å². The number of hydrogen-bond donors (Lipinski definition) is 2. The molecule has 5 rings (SSSR count). The molecule has 1 saturated heterocycles. The Balaban J connectivity index is 1.47. The van der Waals surface area contributed by atoms with Gasteiger partial charge in [-0.25, -0.2) is 4.39 Å². The van der Waals surface area contributed by atoms with Gasteiger partial charge in [-0.15, -0.1) is 0 Å². The molecule has 1 spiro atoms. The number of ether oxygens (including phenoxy) is 2. The lowest BCUT2D eigenvalue weighted by Crippen LogP contribution is -2.43. The van der Waals surface area contributed by atoms with E-state index < -0.39 is 29.2 Å². The number of fused-ring (bicyclic) bond motifs is 1. The third kappa shape index (κ3) is 5.19. The Hall–Kier alpha value is -3.99. The molecule has 0 radical (unpaired) electrons. The lowest BCUT2D eigenvalue weighted by molar-refractivity contribution is -0.141. The molecule has 0 atom stereocenters. The number of alkyl halides is 3. The normalized spacial score (nSPS) is 16.7. The number of carbonyl (C=O) groups excluding carboxylic acids is 2. The molecule has 3 heterocycles. The first-order chi connectivity index (χ1) is 18.0. The number of anilines is 2. The van der Waals surface area contributed by atoms with Crippen LogP contribution in [0.2, 0.25) is 0 Å². The van der Waals surface area contributed by atoms with Crippen LogP contribution in [0.3, 0.4) is 0 Å². The molecule has 3 aromatic rings. The van der Waals surface area contributed by atoms with E-state index in [-0.39, 0.29) is 34.8 Å². The fourth-order valence-electron chi connectivity index (χ4n) is 4.64. The monoisotopic (exact) mass is 529 g/mol. The largest absolute Gasteiger partial charge is 0.484 e. The van der Waals surface area contributed by atoms with Gasteiger partial charge in [0.25, 0.3) is 5.91 Å². The molecule has 0 unspecified atom stereocenters. The van der Waals surface area contributed by atoms with Crippen molar-refractivity contribution < 1.29 is 36.6 Å². The van der Waals surface area contributed by atoms with Crippen molar-refractivity contribution in [1.29, 1.82) is 0 Å². The lowest BCUT2D eigenvalue weighted by Gasteiger charge is -2.35. The number of amides is 2. The maximum Gasteiger partial charge on any atom is 0.433 e. The predicted molar refractivity (Wildman–Crippen MR) is 130 cm³/mol. The van der Waals surface area contributed by atoms with Gasteiger partial charge in [-0.2, -0.15) is 13.2 Å². The van der Waals surface area contributed by atoms with Crippen molar-refractivity contribution in [3.63, 3.8) is 0 Å². The number of carbonyl (C=O) groups is 2. The zero-order chi connectivity index (χ0) is 27.1. The standard InChI is InChI=1S/C27H23F4N3O4/c1-15-2-3-17(33-25(36)16-4-7-32-23(10-16)27(29,30)31)11-18(15)19-12-22-21(13-20(19)28)34-24(35)14-26(38-22)5-8-37-9-6-26/h2-4,7,10-13H,5-6,8-9,14H2,1H3,(H,33,36)(H,34,35). The first-order valence-electron chi connectivity index (χ1n) is 11.9. The number of hydrogen-bond acceptors (Lipinski definition) is 5. The van der Waals surface area contributed by atoms with Gasteiger partial charge in [0.05, 0.1) is 25.3 Å². The second-order valence-corrected chi connectivity index (χ2v) is 9.36. The van der Waals surface area contributed by atoms with Crippen molar-refractivity contribution in [3.8, 4) is 16.9 Å². The van der Waals surface area contributed by atoms with Crippen molar-refractivity contribution in [3.05, 3.63) is 71.3 Å². The summed E-state index contributed by atoms with van der Waals surface area (Å²) in [5.41, 5.74) is -0.387. The molecule has 2 aromatic carbocycles. The maximum atomic E-state index is 15.3. The van der Waals surface area contributed by atoms with Gasteiger partial charge in [0.15, 0.2) is 0 Å². The topological polar surface area (TPSA) is 89.6 Å². The van der Waals surface area contributed by atoms with Crippen LogP contribution in [0, 0.1) is 12.7 Å². The molecule has 1 aromatic heterocycles. The highest BCUT2D eigenvalue weighted by Gasteiger charge is 2.40.